The third kappa shape index (κ3) is 1.75. The van der Waals surface area contributed by atoms with E-state index in [1.54, 1.807) is 0 Å². The highest BCUT2D eigenvalue weighted by Gasteiger charge is 2.85. The van der Waals surface area contributed by atoms with Crippen molar-refractivity contribution in [1.82, 2.24) is 19.6 Å². The summed E-state index contributed by atoms with van der Waals surface area (Å²) in [6.45, 7) is 3.89. The molecular weight excluding hydrogens is 374 g/mol. The second-order valence-corrected chi connectivity index (χ2v) is 9.79. The van der Waals surface area contributed by atoms with Crippen LogP contribution in [-0.2, 0) is 0 Å². The van der Waals surface area contributed by atoms with Gasteiger partial charge in [0.05, 0.1) is 46.5 Å². The first-order chi connectivity index (χ1) is 13.5. The molecule has 3 aliphatic carbocycles. The molecule has 1 spiro atoms. The summed E-state index contributed by atoms with van der Waals surface area (Å²) in [5.41, 5.74) is 2.68. The minimum Gasteiger partial charge on any atom is -0.389 e. The summed E-state index contributed by atoms with van der Waals surface area (Å²) in [4.78, 5) is 2.37. The van der Waals surface area contributed by atoms with Crippen molar-refractivity contribution in [2.24, 2.45) is 17.3 Å². The molecule has 1 aliphatic heterocycles. The Balaban J connectivity index is 1.29. The highest BCUT2D eigenvalue weighted by Crippen LogP contribution is 2.79. The van der Waals surface area contributed by atoms with Crippen molar-refractivity contribution in [2.75, 3.05) is 18.0 Å². The van der Waals surface area contributed by atoms with Crippen LogP contribution in [0, 0.1) is 17.3 Å². The number of aliphatic hydroxyl groups is 1. The molecule has 0 radical (unpaired) electrons. The van der Waals surface area contributed by atoms with E-state index in [-0.39, 0.29) is 5.41 Å². The van der Waals surface area contributed by atoms with Gasteiger partial charge in [-0.2, -0.15) is 10.2 Å². The summed E-state index contributed by atoms with van der Waals surface area (Å²) in [6, 6.07) is 4.73. The maximum Gasteiger partial charge on any atom is 0.103 e. The summed E-state index contributed by atoms with van der Waals surface area (Å²) in [5.74, 6) is 1.05. The first kappa shape index (κ1) is 15.8. The summed E-state index contributed by atoms with van der Waals surface area (Å²) in [7, 11) is 0. The Labute approximate surface area is 167 Å². The van der Waals surface area contributed by atoms with Crippen LogP contribution in [0.5, 0.6) is 0 Å². The highest BCUT2D eigenvalue weighted by atomic mass is 35.5. The monoisotopic (exact) mass is 395 g/mol. The number of fused-ring (bicyclic) bond motifs is 1. The van der Waals surface area contributed by atoms with Gasteiger partial charge in [0.25, 0.3) is 0 Å². The van der Waals surface area contributed by atoms with E-state index in [9.17, 15) is 5.11 Å². The Morgan fingerprint density at radius 2 is 2.07 bits per heavy atom. The fourth-order valence-corrected chi connectivity index (χ4v) is 6.49. The minimum atomic E-state index is -0.498. The Bertz CT molecular complexity index is 1150. The van der Waals surface area contributed by atoms with Crippen molar-refractivity contribution in [3.63, 3.8) is 0 Å². The maximum atomic E-state index is 10.7. The molecule has 1 N–H and O–H groups in total. The van der Waals surface area contributed by atoms with Gasteiger partial charge >= 0.3 is 0 Å². The van der Waals surface area contributed by atoms with E-state index < -0.39 is 5.60 Å². The average Bonchev–Trinajstić information content (AvgIpc) is 3.27. The van der Waals surface area contributed by atoms with Crippen LogP contribution in [0.3, 0.4) is 0 Å². The molecule has 1 saturated heterocycles. The molecule has 3 heterocycles. The zero-order chi connectivity index (χ0) is 18.8. The van der Waals surface area contributed by atoms with Crippen molar-refractivity contribution in [3.8, 4) is 5.69 Å². The second-order valence-electron chi connectivity index (χ2n) is 9.38. The zero-order valence-corrected chi connectivity index (χ0v) is 16.5. The van der Waals surface area contributed by atoms with Gasteiger partial charge in [0.1, 0.15) is 5.69 Å². The van der Waals surface area contributed by atoms with E-state index in [0.717, 1.165) is 46.8 Å². The fourth-order valence-electron chi connectivity index (χ4n) is 6.20. The average molecular weight is 396 g/mol. The van der Waals surface area contributed by atoms with Crippen molar-refractivity contribution < 1.29 is 5.11 Å². The van der Waals surface area contributed by atoms with Crippen molar-refractivity contribution in [1.29, 1.82) is 0 Å². The molecule has 7 rings (SSSR count). The normalized spacial score (nSPS) is 35.8. The van der Waals surface area contributed by atoms with Gasteiger partial charge in [-0.15, -0.1) is 0 Å². The van der Waals surface area contributed by atoms with Crippen molar-refractivity contribution in [3.05, 3.63) is 35.7 Å². The molecule has 4 atom stereocenters. The van der Waals surface area contributed by atoms with Gasteiger partial charge < -0.3 is 10.0 Å². The molecule has 28 heavy (non-hydrogen) atoms. The van der Waals surface area contributed by atoms with Crippen LogP contribution in [0.2, 0.25) is 5.02 Å². The molecule has 3 aromatic rings. The third-order valence-corrected chi connectivity index (χ3v) is 8.33. The molecule has 0 amide bonds. The van der Waals surface area contributed by atoms with Gasteiger partial charge in [-0.05, 0) is 50.2 Å². The topological polar surface area (TPSA) is 59.1 Å². The number of nitrogens with zero attached hydrogens (tertiary/aromatic N) is 5. The van der Waals surface area contributed by atoms with E-state index in [1.165, 1.54) is 12.8 Å². The zero-order valence-electron chi connectivity index (χ0n) is 15.7. The summed E-state index contributed by atoms with van der Waals surface area (Å²) < 4.78 is 4.01. The summed E-state index contributed by atoms with van der Waals surface area (Å²) in [6.07, 6.45) is 9.40. The Kier molecular flexibility index (Phi) is 2.68. The molecule has 4 fully saturated rings. The number of aromatic nitrogens is 4. The van der Waals surface area contributed by atoms with E-state index in [4.69, 9.17) is 11.6 Å². The number of halogens is 1. The van der Waals surface area contributed by atoms with Crippen LogP contribution in [-0.4, -0.2) is 43.4 Å². The molecule has 4 unspecified atom stereocenters. The van der Waals surface area contributed by atoms with Crippen LogP contribution in [0.4, 0.5) is 5.69 Å². The van der Waals surface area contributed by atoms with Gasteiger partial charge in [-0.1, -0.05) is 11.6 Å². The molecule has 0 bridgehead atoms. The SMILES string of the molecule is CC1(O)C2CC3CN(c4cc5c(cnn5-c5cnn(C6CC6)c5)cc4Cl)CC321. The van der Waals surface area contributed by atoms with E-state index in [2.05, 4.69) is 27.4 Å². The summed E-state index contributed by atoms with van der Waals surface area (Å²) >= 11 is 6.68. The predicted octanol–water partition coefficient (Wildman–Crippen LogP) is 3.42. The van der Waals surface area contributed by atoms with E-state index in [1.807, 2.05) is 34.7 Å². The Morgan fingerprint density at radius 3 is 2.79 bits per heavy atom. The lowest BCUT2D eigenvalue weighted by Crippen LogP contribution is -2.29. The molecule has 3 saturated carbocycles. The number of hydrogen-bond acceptors (Lipinski definition) is 4. The lowest BCUT2D eigenvalue weighted by molar-refractivity contribution is 0.116. The number of benzene rings is 1. The second kappa shape index (κ2) is 4.74. The Morgan fingerprint density at radius 1 is 1.21 bits per heavy atom. The van der Waals surface area contributed by atoms with Crippen molar-refractivity contribution in [2.45, 2.75) is 37.8 Å². The standard InChI is InChI=1S/C21H22ClN5O/c1-20(28)19-5-13-9-25(11-21(13,19)20)18-6-17-12(4-16(18)22)7-24-27(17)15-8-23-26(10-15)14-2-3-14/h4,6-8,10,13-14,19,28H,2-3,5,9,11H2,1H3. The largest absolute Gasteiger partial charge is 0.389 e. The minimum absolute atomic E-state index is 0.0942. The number of hydrogen-bond donors (Lipinski definition) is 1. The van der Waals surface area contributed by atoms with Crippen LogP contribution in [0.15, 0.2) is 30.7 Å². The molecule has 144 valence electrons. The van der Waals surface area contributed by atoms with Crippen LogP contribution < -0.4 is 4.90 Å². The predicted molar refractivity (Wildman–Crippen MR) is 107 cm³/mol. The number of rotatable bonds is 3. The van der Waals surface area contributed by atoms with Gasteiger partial charge in [0.2, 0.25) is 0 Å². The van der Waals surface area contributed by atoms with Crippen molar-refractivity contribution >= 4 is 28.2 Å². The highest BCUT2D eigenvalue weighted by molar-refractivity contribution is 6.34. The summed E-state index contributed by atoms with van der Waals surface area (Å²) in [5, 5.41) is 21.6. The van der Waals surface area contributed by atoms with Crippen LogP contribution in [0.1, 0.15) is 32.2 Å². The molecule has 1 aromatic carbocycles. The van der Waals surface area contributed by atoms with Gasteiger partial charge in [0.15, 0.2) is 0 Å². The molecule has 7 heteroatoms. The van der Waals surface area contributed by atoms with Crippen LogP contribution >= 0.6 is 11.6 Å². The van der Waals surface area contributed by atoms with Gasteiger partial charge in [-0.25, -0.2) is 4.68 Å². The maximum absolute atomic E-state index is 10.7. The first-order valence-corrected chi connectivity index (χ1v) is 10.6. The van der Waals surface area contributed by atoms with E-state index in [0.29, 0.717) is 17.9 Å². The smallest absolute Gasteiger partial charge is 0.103 e. The van der Waals surface area contributed by atoms with Crippen LogP contribution in [0.25, 0.3) is 16.6 Å². The Hall–Kier alpha value is -2.05. The van der Waals surface area contributed by atoms with Gasteiger partial charge in [-0.3, -0.25) is 4.68 Å². The third-order valence-electron chi connectivity index (χ3n) is 8.03. The lowest BCUT2D eigenvalue weighted by atomic mass is 9.75. The molecule has 4 aliphatic rings. The number of anilines is 1. The van der Waals surface area contributed by atoms with E-state index >= 15 is 0 Å². The molecular formula is C21H22ClN5O. The van der Waals surface area contributed by atoms with Gasteiger partial charge in [0, 0.05) is 23.9 Å². The quantitative estimate of drug-likeness (QED) is 0.738. The lowest BCUT2D eigenvalue weighted by Gasteiger charge is -2.26. The first-order valence-electron chi connectivity index (χ1n) is 10.2. The molecule has 2 aromatic heterocycles. The molecule has 6 nitrogen and oxygen atoms in total. The fraction of sp³-hybridized carbons (Fsp3) is 0.524.